The smallest absolute Gasteiger partial charge is 0.331 e. The number of carbonyl (C=O) groups is 3. The zero-order chi connectivity index (χ0) is 29.8. The third-order valence-electron chi connectivity index (χ3n) is 12.1. The van der Waals surface area contributed by atoms with Crippen molar-refractivity contribution in [3.05, 3.63) is 11.1 Å². The summed E-state index contributed by atoms with van der Waals surface area (Å²) in [7, 11) is 0. The van der Waals surface area contributed by atoms with Crippen molar-refractivity contribution < 1.29 is 39.2 Å². The van der Waals surface area contributed by atoms with Crippen LogP contribution in [0.4, 0.5) is 0 Å². The largest absolute Gasteiger partial charge is 0.478 e. The Morgan fingerprint density at radius 3 is 2.38 bits per heavy atom. The highest BCUT2D eigenvalue weighted by Crippen LogP contribution is 2.74. The number of aliphatic hydroxyl groups excluding tert-OH is 2. The zero-order valence-electron chi connectivity index (χ0n) is 25.3. The predicted molar refractivity (Wildman–Crippen MR) is 149 cm³/mol. The molecule has 0 bridgehead atoms. The number of carboxylic acid groups (broad SMARTS) is 1. The van der Waals surface area contributed by atoms with Crippen molar-refractivity contribution in [3.8, 4) is 0 Å². The minimum absolute atomic E-state index is 0.0502. The van der Waals surface area contributed by atoms with Crippen molar-refractivity contribution >= 4 is 18.4 Å². The van der Waals surface area contributed by atoms with Crippen LogP contribution in [0.5, 0.6) is 0 Å². The molecule has 4 aliphatic carbocycles. The van der Waals surface area contributed by atoms with Gasteiger partial charge in [0.2, 0.25) is 0 Å². The summed E-state index contributed by atoms with van der Waals surface area (Å²) in [6, 6.07) is 0. The Bertz CT molecular complexity index is 1040. The molecule has 0 amide bonds. The molecule has 0 aromatic heterocycles. The molecule has 40 heavy (non-hydrogen) atoms. The second kappa shape index (κ2) is 11.0. The van der Waals surface area contributed by atoms with E-state index in [1.54, 1.807) is 0 Å². The summed E-state index contributed by atoms with van der Waals surface area (Å²) in [6.07, 6.45) is 2.32. The number of hydrogen-bond donors (Lipinski definition) is 3. The monoisotopic (exact) mass is 562 g/mol. The summed E-state index contributed by atoms with van der Waals surface area (Å²) in [5.41, 5.74) is -0.620. The Hall–Kier alpha value is -1.93. The van der Waals surface area contributed by atoms with Crippen LogP contribution in [0, 0.1) is 45.8 Å². The van der Waals surface area contributed by atoms with Gasteiger partial charge in [0, 0.05) is 23.8 Å². The highest BCUT2D eigenvalue weighted by molar-refractivity contribution is 5.88. The number of ether oxygens (including phenoxy) is 2. The Labute approximate surface area is 238 Å². The van der Waals surface area contributed by atoms with Gasteiger partial charge in [-0.05, 0) is 85.0 Å². The maximum Gasteiger partial charge on any atom is 0.331 e. The molecule has 0 aromatic rings. The van der Waals surface area contributed by atoms with E-state index >= 15 is 0 Å². The van der Waals surface area contributed by atoms with Gasteiger partial charge in [0.1, 0.15) is 12.2 Å². The minimum atomic E-state index is -1.02. The van der Waals surface area contributed by atoms with Crippen LogP contribution in [0.2, 0.25) is 0 Å². The second-order valence-corrected chi connectivity index (χ2v) is 14.3. The van der Waals surface area contributed by atoms with E-state index in [2.05, 4.69) is 34.6 Å². The van der Waals surface area contributed by atoms with Crippen LogP contribution in [-0.2, 0) is 23.9 Å². The van der Waals surface area contributed by atoms with E-state index in [0.717, 1.165) is 32.1 Å². The van der Waals surface area contributed by atoms with Crippen molar-refractivity contribution in [1.29, 1.82) is 0 Å². The summed E-state index contributed by atoms with van der Waals surface area (Å²) in [5.74, 6) is -1.48. The number of esters is 1. The van der Waals surface area contributed by atoms with E-state index in [1.165, 1.54) is 6.92 Å². The lowest BCUT2D eigenvalue weighted by Crippen LogP contribution is -2.72. The van der Waals surface area contributed by atoms with Gasteiger partial charge in [-0.2, -0.15) is 0 Å². The third kappa shape index (κ3) is 4.61. The van der Waals surface area contributed by atoms with E-state index in [4.69, 9.17) is 9.47 Å². The maximum absolute atomic E-state index is 12.7. The molecule has 0 saturated heterocycles. The fraction of sp³-hybridized carbons (Fsp3) is 0.844. The molecule has 226 valence electrons. The molecule has 4 saturated carbocycles. The first-order valence-electron chi connectivity index (χ1n) is 15.2. The highest BCUT2D eigenvalue weighted by Gasteiger charge is 2.74. The van der Waals surface area contributed by atoms with Crippen LogP contribution < -0.4 is 0 Å². The summed E-state index contributed by atoms with van der Waals surface area (Å²) in [4.78, 5) is 36.8. The Morgan fingerprint density at radius 2 is 1.80 bits per heavy atom. The van der Waals surface area contributed by atoms with Gasteiger partial charge >= 0.3 is 11.9 Å². The van der Waals surface area contributed by atoms with E-state index in [-0.39, 0.29) is 29.1 Å². The van der Waals surface area contributed by atoms with E-state index in [9.17, 15) is 29.7 Å². The number of carboxylic acids is 1. The van der Waals surface area contributed by atoms with Crippen LogP contribution in [0.15, 0.2) is 11.1 Å². The van der Waals surface area contributed by atoms with Gasteiger partial charge in [-0.1, -0.05) is 48.0 Å². The molecule has 4 aliphatic rings. The van der Waals surface area contributed by atoms with Gasteiger partial charge in [0.15, 0.2) is 0 Å². The van der Waals surface area contributed by atoms with Crippen molar-refractivity contribution in [3.63, 3.8) is 0 Å². The third-order valence-corrected chi connectivity index (χ3v) is 12.1. The van der Waals surface area contributed by atoms with Crippen molar-refractivity contribution in [2.45, 2.75) is 124 Å². The Balaban J connectivity index is 1.87. The van der Waals surface area contributed by atoms with E-state index < -0.39 is 47.2 Å². The van der Waals surface area contributed by atoms with Crippen LogP contribution in [0.1, 0.15) is 99.8 Å². The normalized spacial score (nSPS) is 45.6. The topological polar surface area (TPSA) is 130 Å². The molecule has 8 heteroatoms. The molecule has 11 unspecified atom stereocenters. The number of fused-ring (bicyclic) bond motifs is 5. The second-order valence-electron chi connectivity index (χ2n) is 14.3. The van der Waals surface area contributed by atoms with Crippen LogP contribution in [-0.4, -0.2) is 58.1 Å². The summed E-state index contributed by atoms with van der Waals surface area (Å²) < 4.78 is 11.6. The summed E-state index contributed by atoms with van der Waals surface area (Å²) in [5, 5.41) is 33.4. The van der Waals surface area contributed by atoms with Gasteiger partial charge in [-0.3, -0.25) is 9.59 Å². The molecule has 3 N–H and O–H groups in total. The fourth-order valence-corrected chi connectivity index (χ4v) is 10.2. The van der Waals surface area contributed by atoms with Gasteiger partial charge in [0.05, 0.1) is 12.2 Å². The number of hydrogen-bond acceptors (Lipinski definition) is 7. The minimum Gasteiger partial charge on any atom is -0.478 e. The molecule has 4 fully saturated rings. The molecule has 11 atom stereocenters. The Morgan fingerprint density at radius 1 is 1.12 bits per heavy atom. The first kappa shape index (κ1) is 31.0. The molecule has 0 spiro atoms. The number of aliphatic hydroxyl groups is 2. The summed E-state index contributed by atoms with van der Waals surface area (Å²) >= 11 is 0. The number of carbonyl (C=O) groups excluding carboxylic acids is 2. The lowest BCUT2D eigenvalue weighted by molar-refractivity contribution is -0.286. The van der Waals surface area contributed by atoms with Crippen LogP contribution in [0.3, 0.4) is 0 Å². The lowest BCUT2D eigenvalue weighted by Gasteiger charge is -2.70. The Kier molecular flexibility index (Phi) is 8.57. The lowest BCUT2D eigenvalue weighted by atomic mass is 9.35. The molecular formula is C32H50O8. The molecule has 0 aromatic carbocycles. The van der Waals surface area contributed by atoms with Gasteiger partial charge < -0.3 is 24.8 Å². The predicted octanol–water partition coefficient (Wildman–Crippen LogP) is 4.90. The van der Waals surface area contributed by atoms with Crippen LogP contribution >= 0.6 is 0 Å². The molecule has 0 heterocycles. The first-order valence-corrected chi connectivity index (χ1v) is 15.2. The van der Waals surface area contributed by atoms with Crippen LogP contribution in [0.25, 0.3) is 0 Å². The van der Waals surface area contributed by atoms with Gasteiger partial charge in [-0.15, -0.1) is 0 Å². The summed E-state index contributed by atoms with van der Waals surface area (Å²) in [6.45, 7) is 14.4. The quantitative estimate of drug-likeness (QED) is 0.216. The molecule has 4 rings (SSSR count). The molecule has 8 nitrogen and oxygen atoms in total. The van der Waals surface area contributed by atoms with Crippen molar-refractivity contribution in [2.75, 3.05) is 0 Å². The average Bonchev–Trinajstić information content (AvgIpc) is 3.14. The van der Waals surface area contributed by atoms with E-state index in [0.29, 0.717) is 42.8 Å². The highest BCUT2D eigenvalue weighted by atomic mass is 16.5. The fourth-order valence-electron chi connectivity index (χ4n) is 10.2. The van der Waals surface area contributed by atoms with Gasteiger partial charge in [0.25, 0.3) is 6.47 Å². The molecular weight excluding hydrogens is 512 g/mol. The molecule has 0 aliphatic heterocycles. The number of aliphatic carboxylic acids is 1. The molecule has 0 radical (unpaired) electrons. The standard InChI is InChI=1S/C32H50O8/c1-17(2)9-8-10-20(29(37)38)25-21-11-12-24-30(5)14-13-22(35)18(3)26(30)27(39-16-33)28(36)32(24,7)31(21,6)15-23(25)40-19(4)34/h16-18,21-24,26-28,35-36H,8-15H2,1-7H3,(H,37,38)/b25-20-. The van der Waals surface area contributed by atoms with Crippen molar-refractivity contribution in [1.82, 2.24) is 0 Å². The SMILES string of the molecule is CC(=O)OC1CC2(C)C(CCC3C4(C)CCC(O)C(C)C4C(OC=O)C(O)C32C)/C1=C(\CCCC(C)C)C(=O)O. The van der Waals surface area contributed by atoms with Crippen molar-refractivity contribution in [2.24, 2.45) is 45.8 Å². The zero-order valence-corrected chi connectivity index (χ0v) is 25.3. The number of rotatable bonds is 8. The maximum atomic E-state index is 12.7. The van der Waals surface area contributed by atoms with Gasteiger partial charge in [-0.25, -0.2) is 4.79 Å². The van der Waals surface area contributed by atoms with E-state index in [1.807, 2.05) is 6.92 Å². The first-order chi connectivity index (χ1) is 18.6. The average molecular weight is 563 g/mol.